The first-order valence-electron chi connectivity index (χ1n) is 6.10. The maximum absolute atomic E-state index is 13.5. The standard InChI is InChI=1S/C12H17FN2.C2H6/c1-2-3-10-4-5-11(12(13)8-10)9-15-7-6-14;1-2/h2-5,8,15H,6-7,9,14H2,1H3;1-2H3/b3-2+;. The first-order valence-corrected chi connectivity index (χ1v) is 6.10. The van der Waals surface area contributed by atoms with Gasteiger partial charge in [-0.1, -0.05) is 38.1 Å². The number of hydrogen-bond donors (Lipinski definition) is 2. The Bertz CT molecular complexity index is 335. The van der Waals surface area contributed by atoms with Crippen LogP contribution in [0.1, 0.15) is 31.9 Å². The monoisotopic (exact) mass is 238 g/mol. The molecule has 0 spiro atoms. The minimum absolute atomic E-state index is 0.171. The molecule has 3 heteroatoms. The minimum Gasteiger partial charge on any atom is -0.329 e. The molecule has 1 aromatic rings. The largest absolute Gasteiger partial charge is 0.329 e. The smallest absolute Gasteiger partial charge is 0.128 e. The van der Waals surface area contributed by atoms with E-state index in [2.05, 4.69) is 5.32 Å². The van der Waals surface area contributed by atoms with Crippen molar-refractivity contribution >= 4 is 6.08 Å². The zero-order chi connectivity index (χ0) is 13.1. The molecule has 1 aromatic carbocycles. The van der Waals surface area contributed by atoms with Crippen molar-refractivity contribution in [1.29, 1.82) is 0 Å². The molecule has 0 saturated heterocycles. The van der Waals surface area contributed by atoms with Crippen LogP contribution in [0.5, 0.6) is 0 Å². The molecule has 0 aliphatic rings. The molecule has 0 unspecified atom stereocenters. The summed E-state index contributed by atoms with van der Waals surface area (Å²) in [7, 11) is 0. The highest BCUT2D eigenvalue weighted by Crippen LogP contribution is 2.11. The molecule has 0 radical (unpaired) electrons. The summed E-state index contributed by atoms with van der Waals surface area (Å²) >= 11 is 0. The van der Waals surface area contributed by atoms with E-state index >= 15 is 0 Å². The summed E-state index contributed by atoms with van der Waals surface area (Å²) in [5.41, 5.74) is 6.89. The molecular weight excluding hydrogens is 215 g/mol. The lowest BCUT2D eigenvalue weighted by molar-refractivity contribution is 0.589. The van der Waals surface area contributed by atoms with Gasteiger partial charge in [0.15, 0.2) is 0 Å². The van der Waals surface area contributed by atoms with Gasteiger partial charge >= 0.3 is 0 Å². The van der Waals surface area contributed by atoms with E-state index in [9.17, 15) is 4.39 Å². The highest BCUT2D eigenvalue weighted by molar-refractivity contribution is 5.49. The van der Waals surface area contributed by atoms with E-state index in [0.717, 1.165) is 5.56 Å². The SMILES string of the molecule is C/C=C/c1ccc(CNCCN)c(F)c1.CC. The first-order chi connectivity index (χ1) is 8.27. The molecule has 96 valence electrons. The molecule has 0 amide bonds. The zero-order valence-electron chi connectivity index (χ0n) is 11.0. The Kier molecular flexibility index (Phi) is 9.30. The molecule has 0 aliphatic carbocycles. The lowest BCUT2D eigenvalue weighted by Gasteiger charge is -2.05. The quantitative estimate of drug-likeness (QED) is 0.774. The molecule has 0 fully saturated rings. The fourth-order valence-corrected chi connectivity index (χ4v) is 1.33. The summed E-state index contributed by atoms with van der Waals surface area (Å²) in [5.74, 6) is -0.171. The van der Waals surface area contributed by atoms with E-state index in [-0.39, 0.29) is 5.82 Å². The van der Waals surface area contributed by atoms with Gasteiger partial charge in [0, 0.05) is 25.2 Å². The molecule has 0 bridgehead atoms. The molecular formula is C14H23FN2. The van der Waals surface area contributed by atoms with E-state index in [1.165, 1.54) is 0 Å². The van der Waals surface area contributed by atoms with Crippen LogP contribution in [0.25, 0.3) is 6.08 Å². The molecule has 3 N–H and O–H groups in total. The number of halogens is 1. The fraction of sp³-hybridized carbons (Fsp3) is 0.429. The summed E-state index contributed by atoms with van der Waals surface area (Å²) in [6.45, 7) is 7.71. The van der Waals surface area contributed by atoms with Crippen molar-refractivity contribution in [3.8, 4) is 0 Å². The Morgan fingerprint density at radius 1 is 1.35 bits per heavy atom. The summed E-state index contributed by atoms with van der Waals surface area (Å²) in [4.78, 5) is 0. The van der Waals surface area contributed by atoms with Crippen molar-refractivity contribution in [2.75, 3.05) is 13.1 Å². The number of hydrogen-bond acceptors (Lipinski definition) is 2. The lowest BCUT2D eigenvalue weighted by Crippen LogP contribution is -2.22. The van der Waals surface area contributed by atoms with Crippen LogP contribution in [0.2, 0.25) is 0 Å². The third-order valence-electron chi connectivity index (χ3n) is 2.07. The van der Waals surface area contributed by atoms with E-state index < -0.39 is 0 Å². The minimum atomic E-state index is -0.171. The number of nitrogens with one attached hydrogen (secondary N) is 1. The van der Waals surface area contributed by atoms with Crippen LogP contribution in [-0.2, 0) is 6.54 Å². The summed E-state index contributed by atoms with van der Waals surface area (Å²) in [6.07, 6.45) is 3.77. The van der Waals surface area contributed by atoms with Gasteiger partial charge in [-0.25, -0.2) is 4.39 Å². The number of rotatable bonds is 5. The van der Waals surface area contributed by atoms with Gasteiger partial charge in [0.05, 0.1) is 0 Å². The molecule has 2 nitrogen and oxygen atoms in total. The van der Waals surface area contributed by atoms with Gasteiger partial charge < -0.3 is 11.1 Å². The Balaban J connectivity index is 0.00000121. The second-order valence-corrected chi connectivity index (χ2v) is 3.32. The van der Waals surface area contributed by atoms with E-state index in [1.807, 2.05) is 39.0 Å². The number of nitrogens with two attached hydrogens (primary N) is 1. The van der Waals surface area contributed by atoms with Crippen molar-refractivity contribution in [2.45, 2.75) is 27.3 Å². The Morgan fingerprint density at radius 2 is 2.06 bits per heavy atom. The zero-order valence-corrected chi connectivity index (χ0v) is 11.0. The summed E-state index contributed by atoms with van der Waals surface area (Å²) in [6, 6.07) is 5.25. The van der Waals surface area contributed by atoms with Crippen LogP contribution in [-0.4, -0.2) is 13.1 Å². The molecule has 0 aromatic heterocycles. The van der Waals surface area contributed by atoms with Crippen molar-refractivity contribution in [3.05, 3.63) is 41.2 Å². The van der Waals surface area contributed by atoms with E-state index in [1.54, 1.807) is 12.1 Å². The molecule has 0 aliphatic heterocycles. The van der Waals surface area contributed by atoms with E-state index in [0.29, 0.717) is 25.2 Å². The van der Waals surface area contributed by atoms with Gasteiger partial charge in [0.2, 0.25) is 0 Å². The van der Waals surface area contributed by atoms with Gasteiger partial charge in [-0.05, 0) is 18.6 Å². The highest BCUT2D eigenvalue weighted by atomic mass is 19.1. The van der Waals surface area contributed by atoms with Crippen LogP contribution in [0, 0.1) is 5.82 Å². The van der Waals surface area contributed by atoms with Crippen LogP contribution in [0.4, 0.5) is 4.39 Å². The van der Waals surface area contributed by atoms with Crippen molar-refractivity contribution in [3.63, 3.8) is 0 Å². The maximum atomic E-state index is 13.5. The van der Waals surface area contributed by atoms with Crippen LogP contribution in [0.15, 0.2) is 24.3 Å². The van der Waals surface area contributed by atoms with Gasteiger partial charge in [-0.3, -0.25) is 0 Å². The van der Waals surface area contributed by atoms with Crippen LogP contribution < -0.4 is 11.1 Å². The lowest BCUT2D eigenvalue weighted by atomic mass is 10.1. The molecule has 0 saturated carbocycles. The molecule has 0 heterocycles. The third kappa shape index (κ3) is 6.19. The Morgan fingerprint density at radius 3 is 2.59 bits per heavy atom. The van der Waals surface area contributed by atoms with Gasteiger partial charge in [-0.15, -0.1) is 0 Å². The molecule has 1 rings (SSSR count). The normalized spacial score (nSPS) is 10.2. The first kappa shape index (κ1) is 15.8. The average molecular weight is 238 g/mol. The average Bonchev–Trinajstić information content (AvgIpc) is 2.35. The third-order valence-corrected chi connectivity index (χ3v) is 2.07. The molecule has 0 atom stereocenters. The Hall–Kier alpha value is -1.19. The van der Waals surface area contributed by atoms with Crippen molar-refractivity contribution in [2.24, 2.45) is 5.73 Å². The second-order valence-electron chi connectivity index (χ2n) is 3.32. The predicted octanol–water partition coefficient (Wildman–Crippen LogP) is 2.93. The number of benzene rings is 1. The summed E-state index contributed by atoms with van der Waals surface area (Å²) < 4.78 is 13.5. The maximum Gasteiger partial charge on any atom is 0.128 e. The van der Waals surface area contributed by atoms with Crippen molar-refractivity contribution < 1.29 is 4.39 Å². The van der Waals surface area contributed by atoms with Gasteiger partial charge in [-0.2, -0.15) is 0 Å². The van der Waals surface area contributed by atoms with Gasteiger partial charge in [0.25, 0.3) is 0 Å². The topological polar surface area (TPSA) is 38.0 Å². The Labute approximate surface area is 104 Å². The van der Waals surface area contributed by atoms with E-state index in [4.69, 9.17) is 5.73 Å². The second kappa shape index (κ2) is 10.00. The number of allylic oxidation sites excluding steroid dienone is 1. The fourth-order valence-electron chi connectivity index (χ4n) is 1.33. The summed E-state index contributed by atoms with van der Waals surface area (Å²) in [5, 5.41) is 3.06. The molecule has 17 heavy (non-hydrogen) atoms. The van der Waals surface area contributed by atoms with Crippen LogP contribution >= 0.6 is 0 Å². The highest BCUT2D eigenvalue weighted by Gasteiger charge is 2.01. The van der Waals surface area contributed by atoms with Crippen molar-refractivity contribution in [1.82, 2.24) is 5.32 Å². The van der Waals surface area contributed by atoms with Gasteiger partial charge in [0.1, 0.15) is 5.82 Å². The van der Waals surface area contributed by atoms with Crippen LogP contribution in [0.3, 0.4) is 0 Å². The predicted molar refractivity (Wildman–Crippen MR) is 73.2 cm³/mol.